The number of amides is 2. The summed E-state index contributed by atoms with van der Waals surface area (Å²) in [6.45, 7) is 0.485. The molecule has 0 bridgehead atoms. The molecule has 1 atom stereocenters. The average Bonchev–Trinajstić information content (AvgIpc) is 3.46. The van der Waals surface area contributed by atoms with E-state index in [1.807, 2.05) is 24.3 Å². The number of carbonyl (C=O) groups is 3. The van der Waals surface area contributed by atoms with Crippen LogP contribution in [0.5, 0.6) is 0 Å². The summed E-state index contributed by atoms with van der Waals surface area (Å²) in [6.07, 6.45) is -0.309. The van der Waals surface area contributed by atoms with Crippen LogP contribution in [0.2, 0.25) is 0 Å². The zero-order chi connectivity index (χ0) is 24.8. The van der Waals surface area contributed by atoms with Gasteiger partial charge in [0.2, 0.25) is 0 Å². The van der Waals surface area contributed by atoms with E-state index in [1.54, 1.807) is 0 Å². The van der Waals surface area contributed by atoms with Gasteiger partial charge in [0.15, 0.2) is 11.8 Å². The number of carbonyl (C=O) groups excluding carboxylic acids is 2. The number of ether oxygens (including phenoxy) is 2. The van der Waals surface area contributed by atoms with Gasteiger partial charge in [-0.1, -0.05) is 53.7 Å². The quantitative estimate of drug-likeness (QED) is 0.398. The molecule has 1 unspecified atom stereocenters. The largest absolute Gasteiger partial charge is 0.479 e. The zero-order valence-electron chi connectivity index (χ0n) is 19.0. The number of carboxylic acids is 1. The van der Waals surface area contributed by atoms with Crippen LogP contribution in [0.25, 0.3) is 11.1 Å². The molecule has 3 aromatic rings. The topological polar surface area (TPSA) is 145 Å². The maximum Gasteiger partial charge on any atom is 0.407 e. The Hall–Kier alpha value is -4.25. The van der Waals surface area contributed by atoms with Crippen molar-refractivity contribution in [2.45, 2.75) is 18.6 Å². The Labute approximate surface area is 201 Å². The summed E-state index contributed by atoms with van der Waals surface area (Å²) in [5.41, 5.74) is 4.60. The maximum absolute atomic E-state index is 12.3. The Morgan fingerprint density at radius 2 is 1.71 bits per heavy atom. The van der Waals surface area contributed by atoms with Crippen molar-refractivity contribution in [3.05, 3.63) is 71.5 Å². The molecule has 1 aliphatic carbocycles. The molecule has 0 aliphatic heterocycles. The first-order valence-corrected chi connectivity index (χ1v) is 11.0. The van der Waals surface area contributed by atoms with E-state index in [-0.39, 0.29) is 37.9 Å². The highest BCUT2D eigenvalue weighted by atomic mass is 16.5. The minimum atomic E-state index is -1.18. The molecule has 1 heterocycles. The van der Waals surface area contributed by atoms with E-state index < -0.39 is 24.1 Å². The minimum Gasteiger partial charge on any atom is -0.479 e. The van der Waals surface area contributed by atoms with Crippen molar-refractivity contribution in [3.63, 3.8) is 0 Å². The normalized spacial score (nSPS) is 12.9. The van der Waals surface area contributed by atoms with Gasteiger partial charge in [-0.15, -0.1) is 5.10 Å². The molecule has 1 aromatic heterocycles. The maximum atomic E-state index is 12.3. The van der Waals surface area contributed by atoms with Gasteiger partial charge in [0.25, 0.3) is 5.91 Å². The van der Waals surface area contributed by atoms with Crippen molar-refractivity contribution in [3.8, 4) is 11.1 Å². The number of fused-ring (bicyclic) bond motifs is 3. The van der Waals surface area contributed by atoms with Crippen LogP contribution in [0.15, 0.2) is 54.7 Å². The lowest BCUT2D eigenvalue weighted by Crippen LogP contribution is -2.38. The second-order valence-corrected chi connectivity index (χ2v) is 7.89. The molecule has 11 heteroatoms. The first-order chi connectivity index (χ1) is 17.0. The molecule has 0 saturated heterocycles. The van der Waals surface area contributed by atoms with Gasteiger partial charge < -0.3 is 25.2 Å². The molecule has 35 heavy (non-hydrogen) atoms. The van der Waals surface area contributed by atoms with Crippen LogP contribution in [0.3, 0.4) is 0 Å². The number of carboxylic acid groups (broad SMARTS) is 1. The number of aromatic nitrogens is 3. The van der Waals surface area contributed by atoms with Crippen LogP contribution in [0.1, 0.15) is 27.5 Å². The highest BCUT2D eigenvalue weighted by Gasteiger charge is 2.29. The Morgan fingerprint density at radius 3 is 2.34 bits per heavy atom. The van der Waals surface area contributed by atoms with Crippen LogP contribution in [-0.2, 0) is 20.8 Å². The molecule has 0 saturated carbocycles. The van der Waals surface area contributed by atoms with Crippen molar-refractivity contribution < 1.29 is 29.0 Å². The smallest absolute Gasteiger partial charge is 0.407 e. The summed E-state index contributed by atoms with van der Waals surface area (Å²) in [5.74, 6) is -1.79. The molecule has 0 fully saturated rings. The second kappa shape index (κ2) is 10.8. The fraction of sp³-hybridized carbons (Fsp3) is 0.292. The lowest BCUT2D eigenvalue weighted by molar-refractivity contribution is -0.148. The first kappa shape index (κ1) is 23.9. The number of methoxy groups -OCH3 is 1. The van der Waals surface area contributed by atoms with E-state index in [0.29, 0.717) is 0 Å². The van der Waals surface area contributed by atoms with Gasteiger partial charge in [-0.3, -0.25) is 4.79 Å². The fourth-order valence-electron chi connectivity index (χ4n) is 3.98. The predicted molar refractivity (Wildman–Crippen MR) is 124 cm³/mol. The second-order valence-electron chi connectivity index (χ2n) is 7.89. The predicted octanol–water partition coefficient (Wildman–Crippen LogP) is 1.65. The Balaban J connectivity index is 1.23. The number of hydrogen-bond acceptors (Lipinski definition) is 7. The number of alkyl carbamates (subject to hydrolysis) is 1. The molecule has 0 radical (unpaired) electrons. The van der Waals surface area contributed by atoms with Crippen molar-refractivity contribution in [2.24, 2.45) is 0 Å². The van der Waals surface area contributed by atoms with Gasteiger partial charge in [0.05, 0.1) is 19.3 Å². The lowest BCUT2D eigenvalue weighted by atomic mass is 9.98. The van der Waals surface area contributed by atoms with E-state index in [4.69, 9.17) is 14.6 Å². The summed E-state index contributed by atoms with van der Waals surface area (Å²) < 4.78 is 11.6. The standard InChI is InChI=1S/C24H25N5O6/c1-34-21(23(31)32)12-26-22(30)20-13-29(28-27-20)11-10-25-24(33)35-14-19-17-8-4-2-6-15(17)16-7-3-5-9-18(16)19/h2-9,13,19,21H,10-12,14H2,1H3,(H,25,33)(H,26,30)(H,31,32). The zero-order valence-corrected chi connectivity index (χ0v) is 19.0. The van der Waals surface area contributed by atoms with Crippen molar-refractivity contribution in [1.82, 2.24) is 25.6 Å². The van der Waals surface area contributed by atoms with Crippen molar-refractivity contribution >= 4 is 18.0 Å². The van der Waals surface area contributed by atoms with Gasteiger partial charge in [-0.05, 0) is 22.3 Å². The van der Waals surface area contributed by atoms with Crippen LogP contribution >= 0.6 is 0 Å². The highest BCUT2D eigenvalue weighted by Crippen LogP contribution is 2.44. The molecule has 2 aromatic carbocycles. The Morgan fingerprint density at radius 1 is 1.06 bits per heavy atom. The van der Waals surface area contributed by atoms with E-state index in [9.17, 15) is 14.4 Å². The third-order valence-corrected chi connectivity index (χ3v) is 5.73. The molecule has 1 aliphatic rings. The van der Waals surface area contributed by atoms with Gasteiger partial charge in [-0.2, -0.15) is 0 Å². The van der Waals surface area contributed by atoms with E-state index in [2.05, 4.69) is 45.2 Å². The number of aliphatic carboxylic acids is 1. The molecule has 3 N–H and O–H groups in total. The summed E-state index contributed by atoms with van der Waals surface area (Å²) >= 11 is 0. The summed E-state index contributed by atoms with van der Waals surface area (Å²) in [5, 5.41) is 21.6. The van der Waals surface area contributed by atoms with Crippen LogP contribution in [-0.4, -0.2) is 71.0 Å². The highest BCUT2D eigenvalue weighted by molar-refractivity contribution is 5.92. The molecule has 2 amide bonds. The van der Waals surface area contributed by atoms with Gasteiger partial charge in [0.1, 0.15) is 6.61 Å². The Bertz CT molecular complexity index is 1180. The van der Waals surface area contributed by atoms with E-state index in [1.165, 1.54) is 18.0 Å². The number of nitrogens with one attached hydrogen (secondary N) is 2. The average molecular weight is 479 g/mol. The van der Waals surface area contributed by atoms with Crippen LogP contribution in [0.4, 0.5) is 4.79 Å². The van der Waals surface area contributed by atoms with Crippen molar-refractivity contribution in [1.29, 1.82) is 0 Å². The monoisotopic (exact) mass is 479 g/mol. The van der Waals surface area contributed by atoms with E-state index >= 15 is 0 Å². The lowest BCUT2D eigenvalue weighted by Gasteiger charge is -2.14. The van der Waals surface area contributed by atoms with Gasteiger partial charge >= 0.3 is 12.1 Å². The summed E-state index contributed by atoms with van der Waals surface area (Å²) in [7, 11) is 1.24. The molecular formula is C24H25N5O6. The number of rotatable bonds is 10. The molecular weight excluding hydrogens is 454 g/mol. The van der Waals surface area contributed by atoms with Crippen molar-refractivity contribution in [2.75, 3.05) is 26.8 Å². The minimum absolute atomic E-state index is 0.0198. The molecule has 182 valence electrons. The SMILES string of the molecule is COC(CNC(=O)c1cn(CCNC(=O)OCC2c3ccccc3-c3ccccc32)nn1)C(=O)O. The molecule has 11 nitrogen and oxygen atoms in total. The molecule has 4 rings (SSSR count). The Kier molecular flexibility index (Phi) is 7.36. The first-order valence-electron chi connectivity index (χ1n) is 11.0. The van der Waals surface area contributed by atoms with Crippen LogP contribution < -0.4 is 10.6 Å². The molecule has 0 spiro atoms. The van der Waals surface area contributed by atoms with Gasteiger partial charge in [-0.25, -0.2) is 14.3 Å². The number of nitrogens with zero attached hydrogens (tertiary/aromatic N) is 3. The fourth-order valence-corrected chi connectivity index (χ4v) is 3.98. The third kappa shape index (κ3) is 5.46. The van der Waals surface area contributed by atoms with Gasteiger partial charge in [0, 0.05) is 19.6 Å². The van der Waals surface area contributed by atoms with E-state index in [0.717, 1.165) is 22.3 Å². The summed E-state index contributed by atoms with van der Waals surface area (Å²) in [6, 6.07) is 16.2. The summed E-state index contributed by atoms with van der Waals surface area (Å²) in [4.78, 5) is 35.3. The third-order valence-electron chi connectivity index (χ3n) is 5.73. The number of benzene rings is 2. The van der Waals surface area contributed by atoms with Crippen LogP contribution in [0, 0.1) is 0 Å². The number of hydrogen-bond donors (Lipinski definition) is 3.